The lowest BCUT2D eigenvalue weighted by atomic mass is 9.96. The number of methoxy groups -OCH3 is 1. The van der Waals surface area contributed by atoms with Crippen LogP contribution >= 0.6 is 11.3 Å². The van der Waals surface area contributed by atoms with E-state index in [0.717, 1.165) is 36.5 Å². The Morgan fingerprint density at radius 2 is 2.22 bits per heavy atom. The van der Waals surface area contributed by atoms with Crippen LogP contribution in [0.1, 0.15) is 47.2 Å². The second-order valence-electron chi connectivity index (χ2n) is 6.93. The highest BCUT2D eigenvalue weighted by Gasteiger charge is 2.30. The monoisotopic (exact) mass is 389 g/mol. The summed E-state index contributed by atoms with van der Waals surface area (Å²) < 4.78 is 11.3. The third kappa shape index (κ3) is 4.59. The number of aromatic nitrogens is 1. The molecule has 0 bridgehead atoms. The second kappa shape index (κ2) is 8.71. The number of carbonyl (C=O) groups excluding carboxylic acids is 1. The van der Waals surface area contributed by atoms with E-state index in [1.165, 1.54) is 0 Å². The molecule has 146 valence electrons. The van der Waals surface area contributed by atoms with Gasteiger partial charge in [0.15, 0.2) is 11.5 Å². The van der Waals surface area contributed by atoms with E-state index in [0.29, 0.717) is 23.7 Å². The van der Waals surface area contributed by atoms with Crippen LogP contribution in [-0.4, -0.2) is 41.5 Å². The zero-order valence-electron chi connectivity index (χ0n) is 16.1. The largest absolute Gasteiger partial charge is 0.493 e. The number of ether oxygens (including phenoxy) is 2. The molecule has 1 aliphatic heterocycles. The fourth-order valence-electron chi connectivity index (χ4n) is 3.47. The summed E-state index contributed by atoms with van der Waals surface area (Å²) in [6.45, 7) is 5.04. The maximum atomic E-state index is 13.0. The predicted molar refractivity (Wildman–Crippen MR) is 107 cm³/mol. The highest BCUT2D eigenvalue weighted by Crippen LogP contribution is 2.30. The minimum Gasteiger partial charge on any atom is -0.493 e. The topological polar surface area (TPSA) is 77.7 Å². The van der Waals surface area contributed by atoms with Crippen molar-refractivity contribution in [2.45, 2.75) is 51.8 Å². The summed E-state index contributed by atoms with van der Waals surface area (Å²) in [6.07, 6.45) is 3.08. The number of benzene rings is 1. The number of nitrogens with zero attached hydrogens (tertiary/aromatic N) is 2. The molecule has 1 fully saturated rings. The molecule has 2 unspecified atom stereocenters. The van der Waals surface area contributed by atoms with Gasteiger partial charge in [0.25, 0.3) is 5.91 Å². The van der Waals surface area contributed by atoms with Crippen LogP contribution < -0.4 is 15.2 Å². The molecule has 0 saturated carbocycles. The molecule has 0 radical (unpaired) electrons. The average molecular weight is 390 g/mol. The number of thiazole rings is 1. The highest BCUT2D eigenvalue weighted by atomic mass is 32.1. The number of likely N-dealkylation sites (tertiary alicyclic amines) is 1. The summed E-state index contributed by atoms with van der Waals surface area (Å²) in [5.74, 6) is 1.14. The molecule has 1 aromatic heterocycles. The molecule has 0 aliphatic carbocycles. The predicted octanol–water partition coefficient (Wildman–Crippen LogP) is 3.38. The zero-order chi connectivity index (χ0) is 19.4. The number of piperidine rings is 1. The van der Waals surface area contributed by atoms with Crippen LogP contribution in [0.3, 0.4) is 0 Å². The Kier molecular flexibility index (Phi) is 6.34. The van der Waals surface area contributed by atoms with Gasteiger partial charge in [0.2, 0.25) is 0 Å². The fraction of sp³-hybridized carbons (Fsp3) is 0.500. The lowest BCUT2D eigenvalue weighted by molar-refractivity contribution is 0.0583. The van der Waals surface area contributed by atoms with E-state index in [9.17, 15) is 4.79 Å². The van der Waals surface area contributed by atoms with Gasteiger partial charge in [0.05, 0.1) is 17.8 Å². The minimum atomic E-state index is -0.0414. The van der Waals surface area contributed by atoms with Crippen LogP contribution in [0.5, 0.6) is 11.5 Å². The number of aryl methyl sites for hydroxylation is 1. The molecule has 6 nitrogen and oxygen atoms in total. The van der Waals surface area contributed by atoms with Crippen LogP contribution in [-0.2, 0) is 6.61 Å². The van der Waals surface area contributed by atoms with Gasteiger partial charge in [0.1, 0.15) is 6.61 Å². The van der Waals surface area contributed by atoms with Crippen molar-refractivity contribution in [1.29, 1.82) is 0 Å². The lowest BCUT2D eigenvalue weighted by Gasteiger charge is -2.38. The van der Waals surface area contributed by atoms with E-state index in [1.54, 1.807) is 36.6 Å². The van der Waals surface area contributed by atoms with Crippen molar-refractivity contribution in [2.24, 2.45) is 5.73 Å². The molecule has 3 rings (SSSR count). The Morgan fingerprint density at radius 3 is 2.89 bits per heavy atom. The zero-order valence-corrected chi connectivity index (χ0v) is 16.9. The number of amides is 1. The summed E-state index contributed by atoms with van der Waals surface area (Å²) in [4.78, 5) is 19.3. The Bertz CT molecular complexity index is 791. The van der Waals surface area contributed by atoms with Crippen molar-refractivity contribution in [3.05, 3.63) is 39.8 Å². The highest BCUT2D eigenvalue weighted by molar-refractivity contribution is 7.09. The molecule has 7 heteroatoms. The first-order valence-corrected chi connectivity index (χ1v) is 10.2. The van der Waals surface area contributed by atoms with Crippen molar-refractivity contribution in [2.75, 3.05) is 13.7 Å². The summed E-state index contributed by atoms with van der Waals surface area (Å²) >= 11 is 1.59. The van der Waals surface area contributed by atoms with Crippen molar-refractivity contribution >= 4 is 17.2 Å². The molecule has 2 aromatic rings. The van der Waals surface area contributed by atoms with Gasteiger partial charge in [-0.3, -0.25) is 4.79 Å². The first-order chi connectivity index (χ1) is 13.0. The van der Waals surface area contributed by atoms with E-state index in [4.69, 9.17) is 15.2 Å². The fourth-order valence-corrected chi connectivity index (χ4v) is 4.07. The van der Waals surface area contributed by atoms with E-state index in [2.05, 4.69) is 4.98 Å². The van der Waals surface area contributed by atoms with Crippen LogP contribution in [0.4, 0.5) is 0 Å². The molecular weight excluding hydrogens is 362 g/mol. The molecule has 1 aromatic carbocycles. The van der Waals surface area contributed by atoms with Gasteiger partial charge in [-0.25, -0.2) is 4.98 Å². The summed E-state index contributed by atoms with van der Waals surface area (Å²) in [5.41, 5.74) is 7.58. The van der Waals surface area contributed by atoms with E-state index < -0.39 is 0 Å². The van der Waals surface area contributed by atoms with Crippen molar-refractivity contribution in [3.63, 3.8) is 0 Å². The molecule has 0 spiro atoms. The van der Waals surface area contributed by atoms with Crippen LogP contribution in [0.15, 0.2) is 23.6 Å². The Hall–Kier alpha value is -2.12. The normalized spacial score (nSPS) is 18.2. The molecule has 27 heavy (non-hydrogen) atoms. The molecule has 2 atom stereocenters. The number of rotatable bonds is 6. The van der Waals surface area contributed by atoms with Gasteiger partial charge in [-0.2, -0.15) is 0 Å². The van der Waals surface area contributed by atoms with Gasteiger partial charge in [-0.15, -0.1) is 11.3 Å². The van der Waals surface area contributed by atoms with Gasteiger partial charge in [-0.1, -0.05) is 0 Å². The maximum Gasteiger partial charge on any atom is 0.254 e. The van der Waals surface area contributed by atoms with Crippen molar-refractivity contribution < 1.29 is 14.3 Å². The van der Waals surface area contributed by atoms with Crippen molar-refractivity contribution in [1.82, 2.24) is 9.88 Å². The minimum absolute atomic E-state index is 0.00280. The number of nitrogens with two attached hydrogens (primary N) is 1. The van der Waals surface area contributed by atoms with Crippen LogP contribution in [0.2, 0.25) is 0 Å². The van der Waals surface area contributed by atoms with Gasteiger partial charge >= 0.3 is 0 Å². The standard InChI is InChI=1S/C20H27N3O3S/c1-13(21)17-6-4-5-9-23(17)20(24)15-7-8-18(19(10-15)25-3)26-11-16-12-27-14(2)22-16/h7-8,10,12-13,17H,4-6,9,11,21H2,1-3H3. The summed E-state index contributed by atoms with van der Waals surface area (Å²) in [6, 6.07) is 5.37. The first-order valence-electron chi connectivity index (χ1n) is 9.28. The van der Waals surface area contributed by atoms with Gasteiger partial charge < -0.3 is 20.1 Å². The van der Waals surface area contributed by atoms with Crippen molar-refractivity contribution in [3.8, 4) is 11.5 Å². The van der Waals surface area contributed by atoms with E-state index >= 15 is 0 Å². The maximum absolute atomic E-state index is 13.0. The Balaban J connectivity index is 1.75. The third-order valence-electron chi connectivity index (χ3n) is 4.87. The average Bonchev–Trinajstić information content (AvgIpc) is 3.10. The Labute approximate surface area is 164 Å². The van der Waals surface area contributed by atoms with E-state index in [-0.39, 0.29) is 18.0 Å². The molecule has 1 saturated heterocycles. The SMILES string of the molecule is COc1cc(C(=O)N2CCCCC2C(C)N)ccc1OCc1csc(C)n1. The molecule has 1 amide bonds. The number of carbonyl (C=O) groups is 1. The lowest BCUT2D eigenvalue weighted by Crippen LogP contribution is -2.51. The number of hydrogen-bond donors (Lipinski definition) is 1. The number of hydrogen-bond acceptors (Lipinski definition) is 6. The van der Waals surface area contributed by atoms with Gasteiger partial charge in [-0.05, 0) is 51.3 Å². The third-order valence-corrected chi connectivity index (χ3v) is 5.69. The smallest absolute Gasteiger partial charge is 0.254 e. The van der Waals surface area contributed by atoms with Crippen LogP contribution in [0, 0.1) is 6.92 Å². The van der Waals surface area contributed by atoms with Gasteiger partial charge in [0, 0.05) is 29.6 Å². The molecular formula is C20H27N3O3S. The first kappa shape index (κ1) is 19.6. The molecule has 2 heterocycles. The van der Waals surface area contributed by atoms with E-state index in [1.807, 2.05) is 24.1 Å². The Morgan fingerprint density at radius 1 is 1.41 bits per heavy atom. The second-order valence-corrected chi connectivity index (χ2v) is 8.00. The molecule has 2 N–H and O–H groups in total. The molecule has 1 aliphatic rings. The summed E-state index contributed by atoms with van der Waals surface area (Å²) in [5, 5.41) is 2.98. The summed E-state index contributed by atoms with van der Waals surface area (Å²) in [7, 11) is 1.58. The van der Waals surface area contributed by atoms with Crippen LogP contribution in [0.25, 0.3) is 0 Å². The quantitative estimate of drug-likeness (QED) is 0.819.